The summed E-state index contributed by atoms with van der Waals surface area (Å²) in [7, 11) is -13.3. The Morgan fingerprint density at radius 1 is 0.840 bits per heavy atom. The first-order valence-electron chi connectivity index (χ1n) is 6.46. The minimum absolute atomic E-state index is 0.335. The largest absolute Gasteiger partial charge is 0.498 e. The SMILES string of the molecule is CC(/C=C/c1ccccc1)C(S(=O)(=O)C(F)(F)F)S(=O)(=O)C(F)(F)F. The quantitative estimate of drug-likeness (QED) is 0.697. The van der Waals surface area contributed by atoms with E-state index >= 15 is 0 Å². The number of hydrogen-bond donors (Lipinski definition) is 0. The van der Waals surface area contributed by atoms with Gasteiger partial charge in [0.25, 0.3) is 19.7 Å². The molecular formula is C13H12F6O4S2. The molecule has 0 N–H and O–H groups in total. The number of allylic oxidation sites excluding steroid dienone is 1. The van der Waals surface area contributed by atoms with Gasteiger partial charge in [0.1, 0.15) is 0 Å². The Hall–Kier alpha value is -1.56. The van der Waals surface area contributed by atoms with E-state index in [4.69, 9.17) is 0 Å². The van der Waals surface area contributed by atoms with Crippen LogP contribution < -0.4 is 0 Å². The topological polar surface area (TPSA) is 68.3 Å². The molecule has 0 amide bonds. The van der Waals surface area contributed by atoms with Gasteiger partial charge in [0.2, 0.25) is 0 Å². The van der Waals surface area contributed by atoms with E-state index in [2.05, 4.69) is 0 Å². The Labute approximate surface area is 140 Å². The summed E-state index contributed by atoms with van der Waals surface area (Å²) in [4.78, 5) is 0. The predicted molar refractivity (Wildman–Crippen MR) is 78.4 cm³/mol. The van der Waals surface area contributed by atoms with Crippen molar-refractivity contribution < 1.29 is 43.2 Å². The molecule has 0 saturated heterocycles. The zero-order valence-electron chi connectivity index (χ0n) is 12.4. The van der Waals surface area contributed by atoms with Gasteiger partial charge in [0.05, 0.1) is 0 Å². The molecule has 0 aliphatic rings. The first-order chi connectivity index (χ1) is 11.1. The van der Waals surface area contributed by atoms with Gasteiger partial charge < -0.3 is 0 Å². The molecule has 0 heterocycles. The highest BCUT2D eigenvalue weighted by molar-refractivity contribution is 8.09. The summed E-state index contributed by atoms with van der Waals surface area (Å²) in [6.45, 7) is 0.649. The third-order valence-corrected chi connectivity index (χ3v) is 7.97. The van der Waals surface area contributed by atoms with Crippen molar-refractivity contribution in [3.05, 3.63) is 42.0 Å². The summed E-state index contributed by atoms with van der Waals surface area (Å²) >= 11 is 0. The zero-order valence-corrected chi connectivity index (χ0v) is 14.0. The molecule has 1 rings (SSSR count). The summed E-state index contributed by atoms with van der Waals surface area (Å²) in [6, 6.07) is 7.50. The molecule has 0 saturated carbocycles. The molecule has 0 aliphatic heterocycles. The Bertz CT molecular complexity index is 780. The summed E-state index contributed by atoms with van der Waals surface area (Å²) < 4.78 is 118. The van der Waals surface area contributed by atoms with E-state index in [-0.39, 0.29) is 0 Å². The first-order valence-corrected chi connectivity index (χ1v) is 9.55. The maximum Gasteiger partial charge on any atom is 0.498 e. The number of rotatable bonds is 5. The van der Waals surface area contributed by atoms with Crippen LogP contribution in [0.3, 0.4) is 0 Å². The highest BCUT2D eigenvalue weighted by atomic mass is 32.3. The summed E-state index contributed by atoms with van der Waals surface area (Å²) in [6.07, 6.45) is 1.71. The van der Waals surface area contributed by atoms with Crippen molar-refractivity contribution in [1.82, 2.24) is 0 Å². The minimum Gasteiger partial charge on any atom is -0.218 e. The van der Waals surface area contributed by atoms with Gasteiger partial charge in [-0.2, -0.15) is 26.3 Å². The lowest BCUT2D eigenvalue weighted by Gasteiger charge is -2.24. The molecule has 0 aliphatic carbocycles. The van der Waals surface area contributed by atoms with E-state index < -0.39 is 41.2 Å². The van der Waals surface area contributed by atoms with Crippen molar-refractivity contribution in [3.63, 3.8) is 0 Å². The molecule has 0 spiro atoms. The lowest BCUT2D eigenvalue weighted by atomic mass is 10.1. The molecule has 0 aromatic heterocycles. The first kappa shape index (κ1) is 21.5. The lowest BCUT2D eigenvalue weighted by molar-refractivity contribution is -0.0476. The van der Waals surface area contributed by atoms with Crippen LogP contribution in [0.5, 0.6) is 0 Å². The van der Waals surface area contributed by atoms with Crippen molar-refractivity contribution in [1.29, 1.82) is 0 Å². The molecule has 0 bridgehead atoms. The molecule has 1 unspecified atom stereocenters. The normalized spacial score (nSPS) is 15.7. The van der Waals surface area contributed by atoms with Crippen molar-refractivity contribution in [2.24, 2.45) is 5.92 Å². The van der Waals surface area contributed by atoms with Crippen molar-refractivity contribution >= 4 is 25.8 Å². The van der Waals surface area contributed by atoms with Crippen LogP contribution in [0.2, 0.25) is 0 Å². The molecule has 0 radical (unpaired) electrons. The fourth-order valence-corrected chi connectivity index (χ4v) is 5.74. The van der Waals surface area contributed by atoms with Gasteiger partial charge >= 0.3 is 11.0 Å². The van der Waals surface area contributed by atoms with Crippen LogP contribution in [0, 0.1) is 5.92 Å². The van der Waals surface area contributed by atoms with Crippen LogP contribution in [0.25, 0.3) is 6.08 Å². The molecule has 0 fully saturated rings. The fraction of sp³-hybridized carbons (Fsp3) is 0.385. The zero-order chi connectivity index (χ0) is 19.7. The van der Waals surface area contributed by atoms with Crippen molar-refractivity contribution in [2.45, 2.75) is 22.5 Å². The van der Waals surface area contributed by atoms with Gasteiger partial charge in [-0.15, -0.1) is 0 Å². The maximum atomic E-state index is 12.7. The minimum atomic E-state index is -6.64. The second-order valence-electron chi connectivity index (χ2n) is 4.98. The summed E-state index contributed by atoms with van der Waals surface area (Å²) in [5.74, 6) is -2.11. The molecule has 1 aromatic rings. The number of sulfone groups is 2. The van der Waals surface area contributed by atoms with Gasteiger partial charge in [-0.05, 0) is 5.56 Å². The van der Waals surface area contributed by atoms with Crippen LogP contribution in [-0.2, 0) is 19.7 Å². The molecule has 4 nitrogen and oxygen atoms in total. The van der Waals surface area contributed by atoms with Gasteiger partial charge in [-0.1, -0.05) is 49.4 Å². The van der Waals surface area contributed by atoms with Crippen LogP contribution in [0.1, 0.15) is 12.5 Å². The second kappa shape index (κ2) is 6.98. The monoisotopic (exact) mass is 410 g/mol. The average Bonchev–Trinajstić information content (AvgIpc) is 2.43. The molecule has 12 heteroatoms. The van der Waals surface area contributed by atoms with Crippen molar-refractivity contribution in [3.8, 4) is 0 Å². The van der Waals surface area contributed by atoms with E-state index in [9.17, 15) is 43.2 Å². The molecule has 142 valence electrons. The van der Waals surface area contributed by atoms with E-state index in [0.717, 1.165) is 6.08 Å². The third-order valence-electron chi connectivity index (χ3n) is 3.08. The molecule has 1 aromatic carbocycles. The Balaban J connectivity index is 3.46. The van der Waals surface area contributed by atoms with Gasteiger partial charge in [-0.3, -0.25) is 0 Å². The van der Waals surface area contributed by atoms with Gasteiger partial charge in [0.15, 0.2) is 4.58 Å². The van der Waals surface area contributed by atoms with E-state index in [1.54, 1.807) is 6.07 Å². The number of alkyl halides is 6. The van der Waals surface area contributed by atoms with Crippen LogP contribution in [0.15, 0.2) is 36.4 Å². The third kappa shape index (κ3) is 4.54. The second-order valence-corrected chi connectivity index (χ2v) is 9.40. The molecule has 1 atom stereocenters. The maximum absolute atomic E-state index is 12.7. The molecular weight excluding hydrogens is 398 g/mol. The smallest absolute Gasteiger partial charge is 0.218 e. The van der Waals surface area contributed by atoms with Gasteiger partial charge in [-0.25, -0.2) is 16.8 Å². The van der Waals surface area contributed by atoms with Crippen LogP contribution >= 0.6 is 0 Å². The Kier molecular flexibility index (Phi) is 6.00. The van der Waals surface area contributed by atoms with Gasteiger partial charge in [0, 0.05) is 5.92 Å². The lowest BCUT2D eigenvalue weighted by Crippen LogP contribution is -2.47. The average molecular weight is 410 g/mol. The van der Waals surface area contributed by atoms with Crippen molar-refractivity contribution in [2.75, 3.05) is 0 Å². The summed E-state index contributed by atoms with van der Waals surface area (Å²) in [5.41, 5.74) is -12.0. The van der Waals surface area contributed by atoms with Crippen LogP contribution in [-0.4, -0.2) is 32.4 Å². The Morgan fingerprint density at radius 2 is 1.24 bits per heavy atom. The predicted octanol–water partition coefficient (Wildman–Crippen LogP) is 3.53. The highest BCUT2D eigenvalue weighted by Crippen LogP contribution is 2.39. The van der Waals surface area contributed by atoms with Crippen LogP contribution in [0.4, 0.5) is 26.3 Å². The number of benzene rings is 1. The molecule has 25 heavy (non-hydrogen) atoms. The Morgan fingerprint density at radius 3 is 1.60 bits per heavy atom. The van der Waals surface area contributed by atoms with E-state index in [1.807, 2.05) is 0 Å². The van der Waals surface area contributed by atoms with E-state index in [0.29, 0.717) is 18.6 Å². The van der Waals surface area contributed by atoms with E-state index in [1.165, 1.54) is 24.3 Å². The summed E-state index contributed by atoms with van der Waals surface area (Å²) in [5, 5.41) is 0. The number of hydrogen-bond acceptors (Lipinski definition) is 4. The fourth-order valence-electron chi connectivity index (χ4n) is 1.91. The highest BCUT2D eigenvalue weighted by Gasteiger charge is 2.64. The standard InChI is InChI=1S/C13H12F6O4S2/c1-9(7-8-10-5-3-2-4-6-10)11(24(20,21)12(14,15)16)25(22,23)13(17,18)19/h2-9,11H,1H3/b8-7+. The number of halogens is 6.